The highest BCUT2D eigenvalue weighted by atomic mass is 31.2. The van der Waals surface area contributed by atoms with Crippen LogP contribution in [-0.2, 0) is 70.1 Å². The Bertz CT molecular complexity index is 853. The van der Waals surface area contributed by atoms with Gasteiger partial charge in [0.25, 0.3) is 12.9 Å². The van der Waals surface area contributed by atoms with Crippen LogP contribution in [0.4, 0.5) is 0 Å². The van der Waals surface area contributed by atoms with Gasteiger partial charge in [-0.3, -0.25) is 32.9 Å². The average Bonchev–Trinajstić information content (AvgIpc) is 3.26. The van der Waals surface area contributed by atoms with Gasteiger partial charge in [0.1, 0.15) is 32.2 Å². The molecule has 18 heteroatoms. The molecule has 0 aliphatic rings. The first-order chi connectivity index (χ1) is 17.3. The third kappa shape index (κ3) is 15.9. The van der Waals surface area contributed by atoms with E-state index in [-0.39, 0.29) is 52.4 Å². The summed E-state index contributed by atoms with van der Waals surface area (Å²) in [4.78, 5) is 53.3. The number of amides is 1. The molecule has 36 heavy (non-hydrogen) atoms. The first-order valence-electron chi connectivity index (χ1n) is 10.4. The van der Waals surface area contributed by atoms with E-state index in [9.17, 15) is 28.6 Å². The van der Waals surface area contributed by atoms with Gasteiger partial charge in [0, 0.05) is 20.1 Å². The number of phosphoric ester groups is 1. The van der Waals surface area contributed by atoms with E-state index in [0.29, 0.717) is 12.1 Å². The van der Waals surface area contributed by atoms with Crippen LogP contribution in [0.3, 0.4) is 0 Å². The Balaban J connectivity index is 2.01. The summed E-state index contributed by atoms with van der Waals surface area (Å²) < 4.78 is 46.7. The molecular weight excluding hydrogens is 511 g/mol. The summed E-state index contributed by atoms with van der Waals surface area (Å²) in [6.07, 6.45) is 1.13. The normalized spacial score (nSPS) is 13.3. The number of esters is 1. The minimum Gasteiger partial charge on any atom is -0.464 e. The lowest BCUT2D eigenvalue weighted by molar-refractivity contribution is -0.145. The molecule has 17 nitrogen and oxygen atoms in total. The van der Waals surface area contributed by atoms with E-state index in [1.54, 1.807) is 13.2 Å². The molecule has 1 rings (SSSR count). The summed E-state index contributed by atoms with van der Waals surface area (Å²) in [5.74, 6) is -1.03. The molecule has 0 bridgehead atoms. The Kier molecular flexibility index (Phi) is 15.8. The molecule has 0 radical (unpaired) electrons. The highest BCUT2D eigenvalue weighted by molar-refractivity contribution is 7.47. The standard InChI is InChI=1S/C18H29N4O13P/c1-22-7-15(20-21-22)8-32-18(26)3-2-4-29-5-6-30-11-17(25)19-12-35-36(27,28)34-10-16(33-14-24)9-31-13-23/h7,13-14,16H,2-6,8-12H2,1H3,(H,19,25)(H,27,28). The fourth-order valence-corrected chi connectivity index (χ4v) is 2.86. The predicted octanol–water partition coefficient (Wildman–Crippen LogP) is -1.41. The first-order valence-corrected chi connectivity index (χ1v) is 11.9. The van der Waals surface area contributed by atoms with E-state index in [1.165, 1.54) is 4.68 Å². The molecule has 0 fully saturated rings. The number of carbonyl (C=O) groups is 4. The zero-order valence-corrected chi connectivity index (χ0v) is 20.4. The number of aromatic nitrogens is 3. The third-order valence-corrected chi connectivity index (χ3v) is 4.76. The number of aryl methyl sites for hydroxylation is 1. The van der Waals surface area contributed by atoms with Gasteiger partial charge in [-0.2, -0.15) is 0 Å². The van der Waals surface area contributed by atoms with Crippen LogP contribution in [0.2, 0.25) is 0 Å². The Morgan fingerprint density at radius 3 is 2.64 bits per heavy atom. The van der Waals surface area contributed by atoms with Crippen molar-refractivity contribution in [2.45, 2.75) is 25.6 Å². The van der Waals surface area contributed by atoms with Gasteiger partial charge in [0.15, 0.2) is 6.10 Å². The summed E-state index contributed by atoms with van der Waals surface area (Å²) in [6.45, 7) is -1.26. The molecule has 1 aromatic heterocycles. The number of hydrogen-bond acceptors (Lipinski definition) is 14. The second kappa shape index (κ2) is 18.3. The SMILES string of the molecule is Cn1cc(COC(=O)CCCOCCOCC(=O)NCOP(=O)(O)OCC(COC=O)OC=O)nn1. The van der Waals surface area contributed by atoms with E-state index in [1.807, 2.05) is 0 Å². The Labute approximate surface area is 205 Å². The lowest BCUT2D eigenvalue weighted by Crippen LogP contribution is -2.30. The van der Waals surface area contributed by atoms with Crippen LogP contribution in [-0.4, -0.2) is 97.2 Å². The molecule has 1 aromatic rings. The maximum absolute atomic E-state index is 11.7. The van der Waals surface area contributed by atoms with Crippen LogP contribution in [0, 0.1) is 0 Å². The van der Waals surface area contributed by atoms with Crippen molar-refractivity contribution in [3.05, 3.63) is 11.9 Å². The van der Waals surface area contributed by atoms with Crippen molar-refractivity contribution >= 4 is 32.6 Å². The third-order valence-electron chi connectivity index (χ3n) is 3.82. The molecule has 0 saturated heterocycles. The van der Waals surface area contributed by atoms with E-state index in [4.69, 9.17) is 14.2 Å². The van der Waals surface area contributed by atoms with Gasteiger partial charge in [-0.1, -0.05) is 5.21 Å². The number of phosphoric acid groups is 1. The van der Waals surface area contributed by atoms with Crippen LogP contribution in [0.5, 0.6) is 0 Å². The monoisotopic (exact) mass is 540 g/mol. The molecule has 0 spiro atoms. The van der Waals surface area contributed by atoms with Crippen molar-refractivity contribution < 1.29 is 61.4 Å². The first kappa shape index (κ1) is 31.1. The number of nitrogens with zero attached hydrogens (tertiary/aromatic N) is 3. The van der Waals surface area contributed by atoms with Crippen molar-refractivity contribution in [3.63, 3.8) is 0 Å². The van der Waals surface area contributed by atoms with Crippen molar-refractivity contribution in [2.24, 2.45) is 7.05 Å². The largest absolute Gasteiger partial charge is 0.474 e. The molecule has 1 amide bonds. The van der Waals surface area contributed by atoms with Crippen molar-refractivity contribution in [1.29, 1.82) is 0 Å². The topological polar surface area (TPSA) is 213 Å². The maximum atomic E-state index is 11.7. The predicted molar refractivity (Wildman–Crippen MR) is 114 cm³/mol. The van der Waals surface area contributed by atoms with Gasteiger partial charge in [-0.05, 0) is 6.42 Å². The molecule has 1 heterocycles. The van der Waals surface area contributed by atoms with Crippen LogP contribution in [0.15, 0.2) is 6.20 Å². The van der Waals surface area contributed by atoms with Gasteiger partial charge in [0.05, 0.1) is 26.0 Å². The van der Waals surface area contributed by atoms with Crippen LogP contribution in [0.1, 0.15) is 18.5 Å². The molecule has 204 valence electrons. The highest BCUT2D eigenvalue weighted by Crippen LogP contribution is 2.42. The summed E-state index contributed by atoms with van der Waals surface area (Å²) in [7, 11) is -2.88. The summed E-state index contributed by atoms with van der Waals surface area (Å²) >= 11 is 0. The number of hydrogen-bond donors (Lipinski definition) is 2. The molecule has 0 saturated carbocycles. The second-order valence-corrected chi connectivity index (χ2v) is 8.19. The van der Waals surface area contributed by atoms with Gasteiger partial charge in [0.2, 0.25) is 5.91 Å². The van der Waals surface area contributed by atoms with E-state index in [0.717, 1.165) is 0 Å². The quantitative estimate of drug-likeness (QED) is 0.0432. The van der Waals surface area contributed by atoms with Gasteiger partial charge in [-0.15, -0.1) is 5.10 Å². The summed E-state index contributed by atoms with van der Waals surface area (Å²) in [6, 6.07) is 0. The fraction of sp³-hybridized carbons (Fsp3) is 0.667. The molecule has 2 unspecified atom stereocenters. The zero-order valence-electron chi connectivity index (χ0n) is 19.5. The van der Waals surface area contributed by atoms with Crippen LogP contribution < -0.4 is 5.32 Å². The number of carbonyl (C=O) groups excluding carboxylic acids is 4. The molecule has 0 aromatic carbocycles. The minimum absolute atomic E-state index is 0.0477. The number of rotatable bonds is 22. The molecule has 2 N–H and O–H groups in total. The maximum Gasteiger partial charge on any atom is 0.474 e. The lowest BCUT2D eigenvalue weighted by Gasteiger charge is -2.17. The molecule has 0 aliphatic heterocycles. The Hall–Kier alpha value is -2.95. The summed E-state index contributed by atoms with van der Waals surface area (Å²) in [5, 5.41) is 9.70. The summed E-state index contributed by atoms with van der Waals surface area (Å²) in [5.41, 5.74) is 0.547. The smallest absolute Gasteiger partial charge is 0.464 e. The lowest BCUT2D eigenvalue weighted by atomic mass is 10.3. The molecule has 0 aliphatic carbocycles. The highest BCUT2D eigenvalue weighted by Gasteiger charge is 2.24. The molecular formula is C18H29N4O13P. The minimum atomic E-state index is -4.59. The fourth-order valence-electron chi connectivity index (χ4n) is 2.20. The van der Waals surface area contributed by atoms with E-state index >= 15 is 0 Å². The van der Waals surface area contributed by atoms with Gasteiger partial charge in [-0.25, -0.2) is 4.57 Å². The number of ether oxygens (including phenoxy) is 5. The van der Waals surface area contributed by atoms with Crippen LogP contribution in [0.25, 0.3) is 0 Å². The van der Waals surface area contributed by atoms with Crippen molar-refractivity contribution in [1.82, 2.24) is 20.3 Å². The average molecular weight is 540 g/mol. The van der Waals surface area contributed by atoms with E-state index < -0.39 is 45.7 Å². The molecule has 2 atom stereocenters. The number of nitrogens with one attached hydrogen (secondary N) is 1. The van der Waals surface area contributed by atoms with Crippen LogP contribution >= 0.6 is 7.82 Å². The van der Waals surface area contributed by atoms with Gasteiger partial charge < -0.3 is 33.9 Å². The Morgan fingerprint density at radius 2 is 1.94 bits per heavy atom. The van der Waals surface area contributed by atoms with Crippen molar-refractivity contribution in [3.8, 4) is 0 Å². The second-order valence-electron chi connectivity index (χ2n) is 6.73. The van der Waals surface area contributed by atoms with E-state index in [2.05, 4.69) is 34.2 Å². The Morgan fingerprint density at radius 1 is 1.17 bits per heavy atom. The zero-order chi connectivity index (χ0) is 26.7. The van der Waals surface area contributed by atoms with Crippen molar-refractivity contribution in [2.75, 3.05) is 46.4 Å². The van der Waals surface area contributed by atoms with Gasteiger partial charge >= 0.3 is 13.8 Å².